The lowest BCUT2D eigenvalue weighted by Crippen LogP contribution is -3.00. The number of anilines is 1. The van der Waals surface area contributed by atoms with Crippen LogP contribution < -0.4 is 23.4 Å². The summed E-state index contributed by atoms with van der Waals surface area (Å²) in [6, 6.07) is 19.6. The van der Waals surface area contributed by atoms with Gasteiger partial charge in [-0.2, -0.15) is 0 Å². The second-order valence-corrected chi connectivity index (χ2v) is 5.33. The van der Waals surface area contributed by atoms with Gasteiger partial charge in [0.2, 0.25) is 0 Å². The van der Waals surface area contributed by atoms with Crippen LogP contribution in [0, 0.1) is 0 Å². The smallest absolute Gasteiger partial charge is 0.323 e. The fraction of sp³-hybridized carbons (Fsp3) is 0.0556. The van der Waals surface area contributed by atoms with Crippen LogP contribution in [0.2, 0.25) is 0 Å². The quantitative estimate of drug-likeness (QED) is 0.513. The second kappa shape index (κ2) is 6.68. The number of hydrogen-bond donors (Lipinski definition) is 3. The molecule has 0 aliphatic heterocycles. The number of imidazole rings is 1. The summed E-state index contributed by atoms with van der Waals surface area (Å²) < 4.78 is 5.86. The maximum Gasteiger partial charge on any atom is 0.323 e. The second-order valence-electron chi connectivity index (χ2n) is 5.33. The van der Waals surface area contributed by atoms with Gasteiger partial charge < -0.3 is 32.1 Å². The molecule has 6 heteroatoms. The molecule has 4 rings (SSSR count). The summed E-state index contributed by atoms with van der Waals surface area (Å²) in [5.74, 6) is 1.71. The van der Waals surface area contributed by atoms with Crippen molar-refractivity contribution in [2.75, 3.05) is 5.32 Å². The molecule has 0 unspecified atom stereocenters. The van der Waals surface area contributed by atoms with E-state index in [1.165, 1.54) is 0 Å². The van der Waals surface area contributed by atoms with Crippen LogP contribution in [-0.4, -0.2) is 9.97 Å². The lowest BCUT2D eigenvalue weighted by molar-refractivity contribution is -0.00000527. The van der Waals surface area contributed by atoms with Crippen molar-refractivity contribution >= 4 is 16.7 Å². The van der Waals surface area contributed by atoms with E-state index in [0.29, 0.717) is 6.54 Å². The van der Waals surface area contributed by atoms with E-state index in [2.05, 4.69) is 15.3 Å². The molecule has 2 heterocycles. The fourth-order valence-corrected chi connectivity index (χ4v) is 2.56. The first-order valence-corrected chi connectivity index (χ1v) is 7.38. The molecule has 0 aliphatic carbocycles. The van der Waals surface area contributed by atoms with Crippen LogP contribution in [0.1, 0.15) is 5.76 Å². The molecule has 5 nitrogen and oxygen atoms in total. The molecular formula is C18H15ClN3O2-. The Morgan fingerprint density at radius 1 is 0.917 bits per heavy atom. The van der Waals surface area contributed by atoms with Crippen molar-refractivity contribution in [1.29, 1.82) is 0 Å². The van der Waals surface area contributed by atoms with E-state index >= 15 is 0 Å². The Balaban J connectivity index is 0.00000169. The fourth-order valence-electron chi connectivity index (χ4n) is 2.56. The Labute approximate surface area is 144 Å². The molecule has 0 fully saturated rings. The van der Waals surface area contributed by atoms with Gasteiger partial charge in [-0.3, -0.25) is 0 Å². The van der Waals surface area contributed by atoms with Crippen LogP contribution in [0.15, 0.2) is 69.9 Å². The summed E-state index contributed by atoms with van der Waals surface area (Å²) in [5.41, 5.74) is 3.36. The van der Waals surface area contributed by atoms with Crippen LogP contribution in [0.5, 0.6) is 0 Å². The number of aromatic nitrogens is 2. The first kappa shape index (κ1) is 16.0. The van der Waals surface area contributed by atoms with Crippen LogP contribution in [0.25, 0.3) is 22.4 Å². The van der Waals surface area contributed by atoms with Crippen molar-refractivity contribution in [3.05, 3.63) is 76.9 Å². The lowest BCUT2D eigenvalue weighted by Gasteiger charge is -2.04. The minimum absolute atomic E-state index is 0. The van der Waals surface area contributed by atoms with E-state index in [9.17, 15) is 4.79 Å². The van der Waals surface area contributed by atoms with Gasteiger partial charge in [-0.05, 0) is 30.3 Å². The van der Waals surface area contributed by atoms with Gasteiger partial charge >= 0.3 is 5.69 Å². The standard InChI is InChI=1S/C18H15N3O2.ClH/c22-18-20-15-8-6-13(10-16(15)21-18)19-11-14-7-9-17(23-14)12-4-2-1-3-5-12;/h1-10,19H,11H2,(H2,20,21,22);1H/p-1. The summed E-state index contributed by atoms with van der Waals surface area (Å²) >= 11 is 0. The largest absolute Gasteiger partial charge is 1.00 e. The third-order valence-electron chi connectivity index (χ3n) is 3.70. The molecule has 0 bridgehead atoms. The number of aromatic amines is 2. The van der Waals surface area contributed by atoms with E-state index in [1.807, 2.05) is 60.7 Å². The van der Waals surface area contributed by atoms with E-state index in [4.69, 9.17) is 4.42 Å². The third-order valence-corrected chi connectivity index (χ3v) is 3.70. The SMILES string of the molecule is O=c1[nH]c2ccc(NCc3ccc(-c4ccccc4)o3)cc2[nH]1.[Cl-]. The summed E-state index contributed by atoms with van der Waals surface area (Å²) in [5, 5.41) is 3.30. The Hall–Kier alpha value is -2.92. The predicted octanol–water partition coefficient (Wildman–Crippen LogP) is 0.732. The van der Waals surface area contributed by atoms with Gasteiger partial charge in [0.15, 0.2) is 0 Å². The first-order valence-electron chi connectivity index (χ1n) is 7.38. The van der Waals surface area contributed by atoms with Crippen LogP contribution in [0.3, 0.4) is 0 Å². The van der Waals surface area contributed by atoms with Crippen LogP contribution in [-0.2, 0) is 6.54 Å². The molecule has 122 valence electrons. The minimum Gasteiger partial charge on any atom is -1.00 e. The van der Waals surface area contributed by atoms with Crippen molar-refractivity contribution in [3.8, 4) is 11.3 Å². The minimum atomic E-state index is -0.198. The van der Waals surface area contributed by atoms with Gasteiger partial charge in [0.05, 0.1) is 17.6 Å². The number of hydrogen-bond acceptors (Lipinski definition) is 3. The molecule has 0 amide bonds. The number of fused-ring (bicyclic) bond motifs is 1. The maximum atomic E-state index is 11.3. The zero-order valence-electron chi connectivity index (χ0n) is 12.7. The van der Waals surface area contributed by atoms with E-state index in [-0.39, 0.29) is 18.1 Å². The Morgan fingerprint density at radius 2 is 1.71 bits per heavy atom. The van der Waals surface area contributed by atoms with Gasteiger partial charge in [0.25, 0.3) is 0 Å². The number of benzene rings is 2. The average molecular weight is 341 g/mol. The van der Waals surface area contributed by atoms with Gasteiger partial charge in [-0.1, -0.05) is 30.3 Å². The summed E-state index contributed by atoms with van der Waals surface area (Å²) in [6.07, 6.45) is 0. The topological polar surface area (TPSA) is 73.8 Å². The molecule has 0 saturated carbocycles. The highest BCUT2D eigenvalue weighted by Gasteiger charge is 2.05. The Morgan fingerprint density at radius 3 is 2.54 bits per heavy atom. The molecule has 0 aliphatic rings. The first-order chi connectivity index (χ1) is 11.3. The number of H-pyrrole nitrogens is 2. The molecule has 0 spiro atoms. The van der Waals surface area contributed by atoms with Crippen molar-refractivity contribution in [3.63, 3.8) is 0 Å². The molecule has 0 saturated heterocycles. The molecule has 2 aromatic carbocycles. The number of halogens is 1. The Kier molecular flexibility index (Phi) is 4.44. The maximum absolute atomic E-state index is 11.3. The summed E-state index contributed by atoms with van der Waals surface area (Å²) in [6.45, 7) is 0.576. The monoisotopic (exact) mass is 340 g/mol. The van der Waals surface area contributed by atoms with E-state index in [0.717, 1.165) is 33.8 Å². The molecule has 24 heavy (non-hydrogen) atoms. The molecule has 0 atom stereocenters. The van der Waals surface area contributed by atoms with Gasteiger partial charge in [-0.25, -0.2) is 4.79 Å². The summed E-state index contributed by atoms with van der Waals surface area (Å²) in [4.78, 5) is 16.7. The number of nitrogens with one attached hydrogen (secondary N) is 3. The zero-order chi connectivity index (χ0) is 15.6. The van der Waals surface area contributed by atoms with Gasteiger partial charge in [0.1, 0.15) is 11.5 Å². The summed E-state index contributed by atoms with van der Waals surface area (Å²) in [7, 11) is 0. The highest BCUT2D eigenvalue weighted by atomic mass is 35.5. The van der Waals surface area contributed by atoms with Crippen molar-refractivity contribution < 1.29 is 16.8 Å². The van der Waals surface area contributed by atoms with Crippen LogP contribution >= 0.6 is 0 Å². The van der Waals surface area contributed by atoms with E-state index in [1.54, 1.807) is 0 Å². The van der Waals surface area contributed by atoms with E-state index < -0.39 is 0 Å². The van der Waals surface area contributed by atoms with Crippen molar-refractivity contribution in [2.24, 2.45) is 0 Å². The number of rotatable bonds is 4. The third kappa shape index (κ3) is 3.21. The molecular weight excluding hydrogens is 326 g/mol. The zero-order valence-corrected chi connectivity index (χ0v) is 13.4. The normalized spacial score (nSPS) is 10.5. The van der Waals surface area contributed by atoms with Gasteiger partial charge in [-0.15, -0.1) is 0 Å². The van der Waals surface area contributed by atoms with Gasteiger partial charge in [0, 0.05) is 11.3 Å². The lowest BCUT2D eigenvalue weighted by atomic mass is 10.2. The average Bonchev–Trinajstić information content (AvgIpc) is 3.18. The number of furan rings is 1. The van der Waals surface area contributed by atoms with Crippen molar-refractivity contribution in [2.45, 2.75) is 6.54 Å². The molecule has 0 radical (unpaired) electrons. The molecule has 2 aromatic heterocycles. The predicted molar refractivity (Wildman–Crippen MR) is 90.4 cm³/mol. The highest BCUT2D eigenvalue weighted by molar-refractivity contribution is 5.78. The molecule has 3 N–H and O–H groups in total. The van der Waals surface area contributed by atoms with Crippen LogP contribution in [0.4, 0.5) is 5.69 Å². The molecule has 4 aromatic rings. The highest BCUT2D eigenvalue weighted by Crippen LogP contribution is 2.22. The Bertz CT molecular complexity index is 1000. The van der Waals surface area contributed by atoms with Crippen molar-refractivity contribution in [1.82, 2.24) is 9.97 Å².